The number of Topliss-reactive ketones (excluding diaryl/α,β-unsaturated/α-hetero) is 1. The Balaban J connectivity index is 1.24. The summed E-state index contributed by atoms with van der Waals surface area (Å²) in [6.45, 7) is 1.83. The molecule has 3 unspecified atom stereocenters. The summed E-state index contributed by atoms with van der Waals surface area (Å²) in [7, 11) is -3.81. The summed E-state index contributed by atoms with van der Waals surface area (Å²) >= 11 is 1.31. The van der Waals surface area contributed by atoms with Crippen molar-refractivity contribution in [3.05, 3.63) is 72.6 Å². The van der Waals surface area contributed by atoms with E-state index in [1.54, 1.807) is 24.4 Å². The second-order valence-corrected chi connectivity index (χ2v) is 12.8. The fraction of sp³-hybridized carbons (Fsp3) is 0.357. The molecule has 3 aromatic rings. The van der Waals surface area contributed by atoms with Crippen LogP contribution in [0.25, 0.3) is 10.4 Å². The van der Waals surface area contributed by atoms with E-state index in [2.05, 4.69) is 10.3 Å². The number of thiophene rings is 1. The molecule has 3 atom stereocenters. The van der Waals surface area contributed by atoms with E-state index in [0.29, 0.717) is 29.9 Å². The van der Waals surface area contributed by atoms with E-state index in [9.17, 15) is 22.8 Å². The van der Waals surface area contributed by atoms with E-state index in [0.717, 1.165) is 10.4 Å². The largest absolute Gasteiger partial charge is 0.414 e. The molecule has 5 rings (SSSR count). The van der Waals surface area contributed by atoms with Crippen LogP contribution in [0.15, 0.2) is 67.0 Å². The number of fused-ring (bicyclic) bond motifs is 1. The molecule has 2 fully saturated rings. The van der Waals surface area contributed by atoms with Crippen LogP contribution in [0.1, 0.15) is 31.7 Å². The molecule has 2 aliphatic heterocycles. The van der Waals surface area contributed by atoms with Crippen molar-refractivity contribution in [2.24, 2.45) is 0 Å². The van der Waals surface area contributed by atoms with Crippen molar-refractivity contribution in [1.82, 2.24) is 19.5 Å². The number of hydrogen-bond acceptors (Lipinski definition) is 8. The Morgan fingerprint density at radius 2 is 1.95 bits per heavy atom. The van der Waals surface area contributed by atoms with Gasteiger partial charge in [0.2, 0.25) is 15.9 Å². The van der Waals surface area contributed by atoms with Gasteiger partial charge < -0.3 is 15.0 Å². The minimum atomic E-state index is -3.81. The van der Waals surface area contributed by atoms with Crippen molar-refractivity contribution in [3.8, 4) is 15.5 Å². The topological polar surface area (TPSA) is 126 Å². The number of likely N-dealkylation sites (tertiary alicyclic amines) is 1. The molecule has 10 nitrogen and oxygen atoms in total. The molecule has 1 N–H and O–H groups in total. The van der Waals surface area contributed by atoms with Crippen LogP contribution >= 0.6 is 11.3 Å². The van der Waals surface area contributed by atoms with Gasteiger partial charge >= 0.3 is 6.09 Å². The molecule has 2 aliphatic rings. The third-order valence-corrected chi connectivity index (χ3v) is 9.92. The number of nitrogens with zero attached hydrogens (tertiary/aromatic N) is 3. The van der Waals surface area contributed by atoms with Crippen molar-refractivity contribution < 1.29 is 27.5 Å². The molecular weight excluding hydrogens is 552 g/mol. The summed E-state index contributed by atoms with van der Waals surface area (Å²) in [6.07, 6.45) is 3.58. The Bertz CT molecular complexity index is 1480. The minimum absolute atomic E-state index is 0.223. The predicted molar refractivity (Wildman–Crippen MR) is 150 cm³/mol. The van der Waals surface area contributed by atoms with Gasteiger partial charge in [0.1, 0.15) is 12.1 Å². The molecule has 0 aliphatic carbocycles. The van der Waals surface area contributed by atoms with Gasteiger partial charge in [-0.05, 0) is 42.2 Å². The minimum Gasteiger partial charge on any atom is -0.399 e. The lowest BCUT2D eigenvalue weighted by atomic mass is 10.1. The maximum atomic E-state index is 13.6. The van der Waals surface area contributed by atoms with Gasteiger partial charge in [-0.25, -0.2) is 13.2 Å². The smallest absolute Gasteiger partial charge is 0.399 e. The van der Waals surface area contributed by atoms with Crippen molar-refractivity contribution in [1.29, 1.82) is 0 Å². The number of amides is 2. The number of ketones is 1. The van der Waals surface area contributed by atoms with Crippen molar-refractivity contribution in [2.45, 2.75) is 50.1 Å². The molecule has 2 amide bonds. The van der Waals surface area contributed by atoms with Gasteiger partial charge in [0.25, 0.3) is 0 Å². The monoisotopic (exact) mass is 582 g/mol. The standard InChI is InChI=1S/C28H30N4O6S2/c1-2-7-21(30-28(35)38-25-12-11-24(39-25)20-9-4-3-5-10-20)27(34)31-15-13-22-26(31)23(33)17-32(22)40(36,37)18-19-8-6-14-29-16-19/h3-6,8-12,14,16,21-22,26H,2,7,13,15,17-18H2,1H3,(H,30,35). The average Bonchev–Trinajstić information content (AvgIpc) is 3.66. The van der Waals surface area contributed by atoms with E-state index >= 15 is 0 Å². The zero-order valence-electron chi connectivity index (χ0n) is 21.9. The number of carbonyl (C=O) groups is 3. The number of nitrogens with one attached hydrogen (secondary N) is 1. The first-order valence-corrected chi connectivity index (χ1v) is 15.5. The first-order valence-electron chi connectivity index (χ1n) is 13.1. The summed E-state index contributed by atoms with van der Waals surface area (Å²) in [5.74, 6) is -1.01. The maximum Gasteiger partial charge on any atom is 0.414 e. The van der Waals surface area contributed by atoms with Crippen molar-refractivity contribution in [3.63, 3.8) is 0 Å². The summed E-state index contributed by atoms with van der Waals surface area (Å²) in [5, 5.41) is 3.05. The summed E-state index contributed by atoms with van der Waals surface area (Å²) < 4.78 is 33.1. The Morgan fingerprint density at radius 3 is 2.67 bits per heavy atom. The van der Waals surface area contributed by atoms with E-state index < -0.39 is 40.1 Å². The van der Waals surface area contributed by atoms with Gasteiger partial charge in [-0.2, -0.15) is 4.31 Å². The van der Waals surface area contributed by atoms with Crippen LogP contribution in [0.2, 0.25) is 0 Å². The Hall–Kier alpha value is -3.61. The van der Waals surface area contributed by atoms with E-state index in [-0.39, 0.29) is 24.6 Å². The maximum absolute atomic E-state index is 13.6. The number of rotatable bonds is 9. The molecule has 40 heavy (non-hydrogen) atoms. The van der Waals surface area contributed by atoms with Crippen LogP contribution in [-0.2, 0) is 25.4 Å². The molecule has 12 heteroatoms. The SMILES string of the molecule is CCCC(NC(=O)Oc1ccc(-c2ccccc2)s1)C(=O)N1CCC2C1C(=O)CN2S(=O)(=O)Cc1cccnc1. The summed E-state index contributed by atoms with van der Waals surface area (Å²) in [5.41, 5.74) is 1.53. The lowest BCUT2D eigenvalue weighted by Crippen LogP contribution is -2.53. The molecule has 0 saturated carbocycles. The quantitative estimate of drug-likeness (QED) is 0.410. The van der Waals surface area contributed by atoms with Crippen molar-refractivity contribution >= 4 is 39.1 Å². The third kappa shape index (κ3) is 5.93. The van der Waals surface area contributed by atoms with Gasteiger partial charge in [-0.3, -0.25) is 14.6 Å². The highest BCUT2D eigenvalue weighted by Gasteiger charge is 2.54. The molecule has 210 valence electrons. The molecule has 0 spiro atoms. The highest BCUT2D eigenvalue weighted by atomic mass is 32.2. The fourth-order valence-corrected chi connectivity index (χ4v) is 7.88. The zero-order chi connectivity index (χ0) is 28.3. The number of pyridine rings is 1. The second kappa shape index (κ2) is 11.9. The molecule has 2 saturated heterocycles. The van der Waals surface area contributed by atoms with Crippen LogP contribution in [0, 0.1) is 0 Å². The van der Waals surface area contributed by atoms with Crippen molar-refractivity contribution in [2.75, 3.05) is 13.1 Å². The predicted octanol–water partition coefficient (Wildman–Crippen LogP) is 3.45. The Morgan fingerprint density at radius 1 is 1.15 bits per heavy atom. The molecule has 2 aromatic heterocycles. The lowest BCUT2D eigenvalue weighted by molar-refractivity contribution is -0.138. The number of ether oxygens (including phenoxy) is 1. The van der Waals surface area contributed by atoms with Gasteiger partial charge in [-0.1, -0.05) is 61.1 Å². The number of sulfonamides is 1. The van der Waals surface area contributed by atoms with E-state index in [4.69, 9.17) is 4.74 Å². The van der Waals surface area contributed by atoms with Crippen LogP contribution < -0.4 is 10.1 Å². The molecule has 4 heterocycles. The number of hydrogen-bond donors (Lipinski definition) is 1. The number of benzene rings is 1. The third-order valence-electron chi connectivity index (χ3n) is 7.09. The van der Waals surface area contributed by atoms with Gasteiger partial charge in [-0.15, -0.1) is 0 Å². The van der Waals surface area contributed by atoms with Crippen LogP contribution in [0.3, 0.4) is 0 Å². The fourth-order valence-electron chi connectivity index (χ4n) is 5.30. The normalized spacial score (nSPS) is 19.8. The van der Waals surface area contributed by atoms with Crippen LogP contribution in [0.4, 0.5) is 4.79 Å². The number of aromatic nitrogens is 1. The van der Waals surface area contributed by atoms with Gasteiger partial charge in [0.15, 0.2) is 10.8 Å². The molecular formula is C28H30N4O6S2. The first kappa shape index (κ1) is 27.9. The molecule has 1 aromatic carbocycles. The molecule has 0 radical (unpaired) electrons. The van der Waals surface area contributed by atoms with Gasteiger partial charge in [0, 0.05) is 23.8 Å². The Labute approximate surface area is 237 Å². The summed E-state index contributed by atoms with van der Waals surface area (Å²) in [4.78, 5) is 45.7. The van der Waals surface area contributed by atoms with Gasteiger partial charge in [0.05, 0.1) is 18.3 Å². The number of carbonyl (C=O) groups excluding carboxylic acids is 3. The highest BCUT2D eigenvalue weighted by molar-refractivity contribution is 7.88. The zero-order valence-corrected chi connectivity index (χ0v) is 23.6. The highest BCUT2D eigenvalue weighted by Crippen LogP contribution is 2.34. The second-order valence-electron chi connectivity index (χ2n) is 9.82. The first-order chi connectivity index (χ1) is 19.3. The molecule has 0 bridgehead atoms. The summed E-state index contributed by atoms with van der Waals surface area (Å²) in [6, 6.07) is 14.2. The van der Waals surface area contributed by atoms with Crippen LogP contribution in [-0.4, -0.2) is 71.6 Å². The van der Waals surface area contributed by atoms with Crippen LogP contribution in [0.5, 0.6) is 5.06 Å². The van der Waals surface area contributed by atoms with E-state index in [1.165, 1.54) is 26.7 Å². The average molecular weight is 583 g/mol. The van der Waals surface area contributed by atoms with E-state index in [1.807, 2.05) is 43.3 Å². The Kier molecular flexibility index (Phi) is 8.29. The lowest BCUT2D eigenvalue weighted by Gasteiger charge is -2.28.